The Labute approximate surface area is 128 Å². The van der Waals surface area contributed by atoms with Crippen LogP contribution in [-0.2, 0) is 21.4 Å². The Morgan fingerprint density at radius 1 is 1.36 bits per heavy atom. The molecular formula is C13H20N2O6S. The van der Waals surface area contributed by atoms with Crippen molar-refractivity contribution >= 4 is 21.9 Å². The van der Waals surface area contributed by atoms with Gasteiger partial charge in [0.05, 0.1) is 12.8 Å². The fraction of sp³-hybridized carbons (Fsp3) is 0.538. The molecular weight excluding hydrogens is 312 g/mol. The van der Waals surface area contributed by atoms with Crippen LogP contribution in [0.15, 0.2) is 16.5 Å². The summed E-state index contributed by atoms with van der Waals surface area (Å²) >= 11 is 0. The Morgan fingerprint density at radius 2 is 2.05 bits per heavy atom. The van der Waals surface area contributed by atoms with Crippen LogP contribution in [0.2, 0.25) is 0 Å². The third kappa shape index (κ3) is 6.27. The highest BCUT2D eigenvalue weighted by atomic mass is 32.2. The summed E-state index contributed by atoms with van der Waals surface area (Å²) in [6.07, 6.45) is 2.84. The minimum atomic E-state index is -3.36. The summed E-state index contributed by atoms with van der Waals surface area (Å²) < 4.78 is 29.4. The summed E-state index contributed by atoms with van der Waals surface area (Å²) in [5.41, 5.74) is 0. The topological polar surface area (TPSA) is 126 Å². The summed E-state index contributed by atoms with van der Waals surface area (Å²) in [4.78, 5) is 23.0. The van der Waals surface area contributed by atoms with E-state index in [4.69, 9.17) is 9.52 Å². The van der Waals surface area contributed by atoms with Gasteiger partial charge in [-0.25, -0.2) is 17.9 Å². The molecule has 1 amide bonds. The Kier molecular flexibility index (Phi) is 6.57. The van der Waals surface area contributed by atoms with Crippen molar-refractivity contribution < 1.29 is 27.5 Å². The normalized spacial score (nSPS) is 12.8. The molecule has 0 fully saturated rings. The van der Waals surface area contributed by atoms with E-state index < -0.39 is 27.9 Å². The highest BCUT2D eigenvalue weighted by Crippen LogP contribution is 2.09. The second-order valence-corrected chi connectivity index (χ2v) is 6.70. The quantitative estimate of drug-likeness (QED) is 0.611. The standard InChI is InChI=1S/C13H20N2O6S/c1-3-4-5-10(13(17)18)15-12(16)11-7-6-9(21-11)8-14-22(2,19)20/h6-7,10,14H,3-5,8H2,1-2H3,(H,15,16)(H,17,18)/t10-/m0/s1. The van der Waals surface area contributed by atoms with Crippen LogP contribution in [0.3, 0.4) is 0 Å². The van der Waals surface area contributed by atoms with Gasteiger partial charge in [-0.3, -0.25) is 4.79 Å². The van der Waals surface area contributed by atoms with Gasteiger partial charge in [0.15, 0.2) is 5.76 Å². The monoisotopic (exact) mass is 332 g/mol. The van der Waals surface area contributed by atoms with Crippen LogP contribution in [-0.4, -0.2) is 37.7 Å². The second kappa shape index (κ2) is 7.95. The number of hydrogen-bond acceptors (Lipinski definition) is 5. The van der Waals surface area contributed by atoms with Crippen LogP contribution < -0.4 is 10.0 Å². The van der Waals surface area contributed by atoms with Crippen molar-refractivity contribution in [2.45, 2.75) is 38.8 Å². The Balaban J connectivity index is 2.65. The number of carbonyl (C=O) groups is 2. The molecule has 1 rings (SSSR count). The molecule has 1 aromatic rings. The molecule has 0 saturated carbocycles. The molecule has 3 N–H and O–H groups in total. The number of hydrogen-bond donors (Lipinski definition) is 3. The molecule has 0 saturated heterocycles. The number of carboxylic acid groups (broad SMARTS) is 1. The summed E-state index contributed by atoms with van der Waals surface area (Å²) in [5.74, 6) is -1.55. The highest BCUT2D eigenvalue weighted by molar-refractivity contribution is 7.88. The van der Waals surface area contributed by atoms with Crippen molar-refractivity contribution in [3.8, 4) is 0 Å². The number of carboxylic acids is 1. The lowest BCUT2D eigenvalue weighted by molar-refractivity contribution is -0.139. The molecule has 8 nitrogen and oxygen atoms in total. The smallest absolute Gasteiger partial charge is 0.326 e. The van der Waals surface area contributed by atoms with E-state index in [-0.39, 0.29) is 18.1 Å². The highest BCUT2D eigenvalue weighted by Gasteiger charge is 2.21. The van der Waals surface area contributed by atoms with Gasteiger partial charge in [0.2, 0.25) is 10.0 Å². The van der Waals surface area contributed by atoms with E-state index in [9.17, 15) is 18.0 Å². The van der Waals surface area contributed by atoms with Gasteiger partial charge in [-0.05, 0) is 18.6 Å². The first-order chi connectivity index (χ1) is 10.2. The van der Waals surface area contributed by atoms with Gasteiger partial charge in [0.1, 0.15) is 11.8 Å². The van der Waals surface area contributed by atoms with Crippen molar-refractivity contribution in [3.05, 3.63) is 23.7 Å². The molecule has 1 atom stereocenters. The molecule has 0 spiro atoms. The Hall–Kier alpha value is -1.87. The lowest BCUT2D eigenvalue weighted by atomic mass is 10.1. The minimum Gasteiger partial charge on any atom is -0.480 e. The summed E-state index contributed by atoms with van der Waals surface area (Å²) in [7, 11) is -3.36. The number of rotatable bonds is 9. The molecule has 0 aliphatic heterocycles. The zero-order valence-corrected chi connectivity index (χ0v) is 13.3. The predicted molar refractivity (Wildman–Crippen MR) is 78.8 cm³/mol. The largest absolute Gasteiger partial charge is 0.480 e. The molecule has 0 bridgehead atoms. The predicted octanol–water partition coefficient (Wildman–Crippen LogP) is 0.702. The fourth-order valence-electron chi connectivity index (χ4n) is 1.69. The van der Waals surface area contributed by atoms with Gasteiger partial charge >= 0.3 is 5.97 Å². The Bertz CT molecular complexity index is 622. The molecule has 0 aliphatic carbocycles. The van der Waals surface area contributed by atoms with E-state index in [2.05, 4.69) is 10.0 Å². The zero-order valence-electron chi connectivity index (χ0n) is 12.5. The number of nitrogens with one attached hydrogen (secondary N) is 2. The maximum Gasteiger partial charge on any atom is 0.326 e. The summed E-state index contributed by atoms with van der Waals surface area (Å²) in [6, 6.07) is 1.84. The van der Waals surface area contributed by atoms with Gasteiger partial charge in [0, 0.05) is 0 Å². The fourth-order valence-corrected chi connectivity index (χ4v) is 2.10. The zero-order chi connectivity index (χ0) is 16.8. The maximum atomic E-state index is 11.9. The van der Waals surface area contributed by atoms with Crippen LogP contribution in [0.25, 0.3) is 0 Å². The number of amides is 1. The number of unbranched alkanes of at least 4 members (excludes halogenated alkanes) is 1. The van der Waals surface area contributed by atoms with E-state index in [1.807, 2.05) is 6.92 Å². The molecule has 22 heavy (non-hydrogen) atoms. The van der Waals surface area contributed by atoms with Gasteiger partial charge in [-0.1, -0.05) is 19.8 Å². The lowest BCUT2D eigenvalue weighted by Crippen LogP contribution is -2.40. The van der Waals surface area contributed by atoms with E-state index in [0.29, 0.717) is 12.8 Å². The lowest BCUT2D eigenvalue weighted by Gasteiger charge is -2.12. The van der Waals surface area contributed by atoms with Gasteiger partial charge in [-0.15, -0.1) is 0 Å². The van der Waals surface area contributed by atoms with Crippen molar-refractivity contribution in [3.63, 3.8) is 0 Å². The number of sulfonamides is 1. The maximum absolute atomic E-state index is 11.9. The average molecular weight is 332 g/mol. The summed E-state index contributed by atoms with van der Waals surface area (Å²) in [5, 5.41) is 11.4. The summed E-state index contributed by atoms with van der Waals surface area (Å²) in [6.45, 7) is 1.85. The number of carbonyl (C=O) groups excluding carboxylic acids is 1. The molecule has 124 valence electrons. The van der Waals surface area contributed by atoms with Crippen LogP contribution >= 0.6 is 0 Å². The van der Waals surface area contributed by atoms with Crippen LogP contribution in [0.4, 0.5) is 0 Å². The first kappa shape index (κ1) is 18.2. The second-order valence-electron chi connectivity index (χ2n) is 4.87. The van der Waals surface area contributed by atoms with Crippen LogP contribution in [0, 0.1) is 0 Å². The van der Waals surface area contributed by atoms with Crippen molar-refractivity contribution in [2.24, 2.45) is 0 Å². The van der Waals surface area contributed by atoms with E-state index in [1.54, 1.807) is 0 Å². The molecule has 0 unspecified atom stereocenters. The molecule has 1 heterocycles. The molecule has 9 heteroatoms. The third-order valence-corrected chi connectivity index (χ3v) is 3.51. The van der Waals surface area contributed by atoms with Gasteiger partial charge < -0.3 is 14.8 Å². The van der Waals surface area contributed by atoms with Gasteiger partial charge in [0.25, 0.3) is 5.91 Å². The number of furan rings is 1. The third-order valence-electron chi connectivity index (χ3n) is 2.84. The minimum absolute atomic E-state index is 0.0620. The van der Waals surface area contributed by atoms with Crippen molar-refractivity contribution in [2.75, 3.05) is 6.26 Å². The van der Waals surface area contributed by atoms with E-state index in [0.717, 1.165) is 12.7 Å². The van der Waals surface area contributed by atoms with Crippen LogP contribution in [0.1, 0.15) is 42.5 Å². The van der Waals surface area contributed by atoms with Crippen molar-refractivity contribution in [1.82, 2.24) is 10.0 Å². The van der Waals surface area contributed by atoms with E-state index >= 15 is 0 Å². The van der Waals surface area contributed by atoms with Crippen molar-refractivity contribution in [1.29, 1.82) is 0 Å². The average Bonchev–Trinajstić information content (AvgIpc) is 2.89. The molecule has 0 aromatic carbocycles. The molecule has 0 aliphatic rings. The van der Waals surface area contributed by atoms with Gasteiger partial charge in [-0.2, -0.15) is 0 Å². The SMILES string of the molecule is CCCC[C@H](NC(=O)c1ccc(CNS(C)(=O)=O)o1)C(=O)O. The van der Waals surface area contributed by atoms with Crippen LogP contribution in [0.5, 0.6) is 0 Å². The first-order valence-electron chi connectivity index (χ1n) is 6.80. The number of aliphatic carboxylic acids is 1. The molecule has 0 radical (unpaired) electrons. The van der Waals surface area contributed by atoms with E-state index in [1.165, 1.54) is 12.1 Å². The Morgan fingerprint density at radius 3 is 2.59 bits per heavy atom. The first-order valence-corrected chi connectivity index (χ1v) is 8.69. The molecule has 1 aromatic heterocycles.